The number of carbonyl (C=O) groups is 1. The second kappa shape index (κ2) is 7.33. The van der Waals surface area contributed by atoms with Crippen LogP contribution >= 0.6 is 27.7 Å². The van der Waals surface area contributed by atoms with Crippen LogP contribution in [0.5, 0.6) is 0 Å². The summed E-state index contributed by atoms with van der Waals surface area (Å²) in [4.78, 5) is 12.9. The Morgan fingerprint density at radius 3 is 2.80 bits per heavy atom. The van der Waals surface area contributed by atoms with Crippen molar-refractivity contribution in [3.8, 4) is 0 Å². The fourth-order valence-corrected chi connectivity index (χ4v) is 3.18. The maximum absolute atomic E-state index is 11.4. The molecular weight excluding hydrogens is 342 g/mol. The molecule has 20 heavy (non-hydrogen) atoms. The van der Waals surface area contributed by atoms with Crippen LogP contribution in [0.25, 0.3) is 0 Å². The number of carboxylic acid groups (broad SMARTS) is 1. The first-order valence-corrected chi connectivity index (χ1v) is 8.63. The van der Waals surface area contributed by atoms with Crippen LogP contribution < -0.4 is 0 Å². The molecule has 0 aromatic heterocycles. The number of nitrogens with zero attached hydrogens (tertiary/aromatic N) is 1. The highest BCUT2D eigenvalue weighted by molar-refractivity contribution is 9.10. The van der Waals surface area contributed by atoms with E-state index in [1.165, 1.54) is 4.90 Å². The van der Waals surface area contributed by atoms with E-state index in [2.05, 4.69) is 15.9 Å². The Kier molecular flexibility index (Phi) is 5.74. The van der Waals surface area contributed by atoms with E-state index in [9.17, 15) is 9.90 Å². The summed E-state index contributed by atoms with van der Waals surface area (Å²) in [5.41, 5.74) is 1.12. The van der Waals surface area contributed by atoms with Crippen LogP contribution in [0.3, 0.4) is 0 Å². The van der Waals surface area contributed by atoms with Crippen molar-refractivity contribution >= 4 is 33.8 Å². The van der Waals surface area contributed by atoms with Crippen molar-refractivity contribution < 1.29 is 14.6 Å². The fraction of sp³-hybridized carbons (Fsp3) is 0.500. The molecule has 2 rings (SSSR count). The van der Waals surface area contributed by atoms with Crippen LogP contribution in [0.1, 0.15) is 5.56 Å². The van der Waals surface area contributed by atoms with Crippen molar-refractivity contribution in [1.29, 1.82) is 0 Å². The second-order valence-corrected chi connectivity index (χ2v) is 6.66. The summed E-state index contributed by atoms with van der Waals surface area (Å²) in [6.07, 6.45) is 1.83. The zero-order valence-corrected chi connectivity index (χ0v) is 13.7. The fourth-order valence-electron chi connectivity index (χ4n) is 2.34. The maximum Gasteiger partial charge on any atom is 0.407 e. The van der Waals surface area contributed by atoms with Gasteiger partial charge in [-0.2, -0.15) is 11.8 Å². The van der Waals surface area contributed by atoms with Gasteiger partial charge < -0.3 is 14.7 Å². The predicted octanol–water partition coefficient (Wildman–Crippen LogP) is 3.10. The van der Waals surface area contributed by atoms with Gasteiger partial charge in [0.2, 0.25) is 0 Å². The van der Waals surface area contributed by atoms with E-state index in [4.69, 9.17) is 4.74 Å². The Hall–Kier alpha value is -0.720. The molecule has 0 saturated carbocycles. The quantitative estimate of drug-likeness (QED) is 0.897. The van der Waals surface area contributed by atoms with Gasteiger partial charge in [0.05, 0.1) is 25.3 Å². The summed E-state index contributed by atoms with van der Waals surface area (Å²) in [6, 6.07) is 7.86. The van der Waals surface area contributed by atoms with Gasteiger partial charge in [-0.1, -0.05) is 28.1 Å². The van der Waals surface area contributed by atoms with E-state index in [0.29, 0.717) is 19.6 Å². The first-order chi connectivity index (χ1) is 9.60. The summed E-state index contributed by atoms with van der Waals surface area (Å²) in [5, 5.41) is 9.37. The number of halogens is 1. The van der Waals surface area contributed by atoms with Gasteiger partial charge in [0, 0.05) is 10.2 Å². The van der Waals surface area contributed by atoms with Crippen molar-refractivity contribution in [3.05, 3.63) is 34.3 Å². The summed E-state index contributed by atoms with van der Waals surface area (Å²) < 4.78 is 6.80. The van der Waals surface area contributed by atoms with Crippen LogP contribution in [0.4, 0.5) is 4.79 Å². The van der Waals surface area contributed by atoms with E-state index >= 15 is 0 Å². The van der Waals surface area contributed by atoms with Gasteiger partial charge in [-0.15, -0.1) is 0 Å². The average Bonchev–Trinajstić information content (AvgIpc) is 2.43. The van der Waals surface area contributed by atoms with Crippen molar-refractivity contribution in [1.82, 2.24) is 4.90 Å². The van der Waals surface area contributed by atoms with E-state index in [1.807, 2.05) is 30.5 Å². The second-order valence-electron chi connectivity index (χ2n) is 4.83. The predicted molar refractivity (Wildman–Crippen MR) is 84.5 cm³/mol. The Morgan fingerprint density at radius 1 is 1.50 bits per heavy atom. The molecule has 4 nitrogen and oxygen atoms in total. The molecular formula is C14H18BrNO3S. The molecule has 0 radical (unpaired) electrons. The monoisotopic (exact) mass is 359 g/mol. The molecule has 1 fully saturated rings. The molecule has 1 aromatic rings. The molecule has 0 aliphatic carbocycles. The lowest BCUT2D eigenvalue weighted by molar-refractivity contribution is -0.0429. The Morgan fingerprint density at radius 2 is 2.20 bits per heavy atom. The van der Waals surface area contributed by atoms with E-state index < -0.39 is 6.09 Å². The van der Waals surface area contributed by atoms with Crippen molar-refractivity contribution in [3.63, 3.8) is 0 Å². The molecule has 0 bridgehead atoms. The number of hydrogen-bond acceptors (Lipinski definition) is 3. The standard InChI is InChI=1S/C14H18BrNO3S/c1-20-9-13-7-16(14(17)18)12(8-19-13)6-10-2-4-11(15)5-3-10/h2-5,12-13H,6-9H2,1H3,(H,17,18)/t12-,13+/m0/s1. The highest BCUT2D eigenvalue weighted by Gasteiger charge is 2.32. The summed E-state index contributed by atoms with van der Waals surface area (Å²) in [5.74, 6) is 0.828. The molecule has 0 spiro atoms. The Labute approximate surface area is 131 Å². The molecule has 2 atom stereocenters. The molecule has 1 saturated heterocycles. The lowest BCUT2D eigenvalue weighted by atomic mass is 10.0. The number of hydrogen-bond donors (Lipinski definition) is 1. The minimum Gasteiger partial charge on any atom is -0.465 e. The molecule has 1 aliphatic heterocycles. The zero-order chi connectivity index (χ0) is 14.5. The average molecular weight is 360 g/mol. The van der Waals surface area contributed by atoms with Crippen LogP contribution in [0, 0.1) is 0 Å². The largest absolute Gasteiger partial charge is 0.465 e. The highest BCUT2D eigenvalue weighted by atomic mass is 79.9. The van der Waals surface area contributed by atoms with E-state index in [1.54, 1.807) is 11.8 Å². The smallest absolute Gasteiger partial charge is 0.407 e. The SMILES string of the molecule is CSC[C@H]1CN(C(=O)O)[C@@H](Cc2ccc(Br)cc2)CO1. The summed E-state index contributed by atoms with van der Waals surface area (Å²) in [6.45, 7) is 0.922. The first kappa shape index (κ1) is 15.7. The van der Waals surface area contributed by atoms with Crippen LogP contribution in [-0.2, 0) is 11.2 Å². The number of benzene rings is 1. The first-order valence-electron chi connectivity index (χ1n) is 6.44. The minimum absolute atomic E-state index is 0.00210. The lowest BCUT2D eigenvalue weighted by Gasteiger charge is -2.38. The number of morpholine rings is 1. The van der Waals surface area contributed by atoms with E-state index in [-0.39, 0.29) is 12.1 Å². The third-order valence-corrected chi connectivity index (χ3v) is 4.58. The van der Waals surface area contributed by atoms with Gasteiger partial charge >= 0.3 is 6.09 Å². The molecule has 1 heterocycles. The van der Waals surface area contributed by atoms with E-state index in [0.717, 1.165) is 15.8 Å². The third-order valence-electron chi connectivity index (χ3n) is 3.35. The molecule has 1 N–H and O–H groups in total. The van der Waals surface area contributed by atoms with Gasteiger partial charge in [0.1, 0.15) is 0 Å². The van der Waals surface area contributed by atoms with Crippen molar-refractivity contribution in [2.75, 3.05) is 25.2 Å². The topological polar surface area (TPSA) is 49.8 Å². The summed E-state index contributed by atoms with van der Waals surface area (Å²) in [7, 11) is 0. The molecule has 110 valence electrons. The maximum atomic E-state index is 11.4. The van der Waals surface area contributed by atoms with Crippen LogP contribution in [-0.4, -0.2) is 53.4 Å². The van der Waals surface area contributed by atoms with Gasteiger partial charge in [-0.25, -0.2) is 4.79 Å². The molecule has 1 aliphatic rings. The van der Waals surface area contributed by atoms with Gasteiger partial charge in [0.15, 0.2) is 0 Å². The van der Waals surface area contributed by atoms with Gasteiger partial charge in [-0.3, -0.25) is 0 Å². The molecule has 0 unspecified atom stereocenters. The van der Waals surface area contributed by atoms with Crippen LogP contribution in [0.15, 0.2) is 28.7 Å². The molecule has 6 heteroatoms. The summed E-state index contributed by atoms with van der Waals surface area (Å²) >= 11 is 5.08. The minimum atomic E-state index is -0.860. The number of ether oxygens (including phenoxy) is 1. The normalized spacial score (nSPS) is 22.8. The van der Waals surface area contributed by atoms with Gasteiger partial charge in [-0.05, 0) is 30.4 Å². The van der Waals surface area contributed by atoms with Crippen LogP contribution in [0.2, 0.25) is 0 Å². The zero-order valence-electron chi connectivity index (χ0n) is 11.3. The Bertz CT molecular complexity index is 454. The van der Waals surface area contributed by atoms with Gasteiger partial charge in [0.25, 0.3) is 0 Å². The molecule has 1 amide bonds. The number of thioether (sulfide) groups is 1. The lowest BCUT2D eigenvalue weighted by Crippen LogP contribution is -2.53. The third kappa shape index (κ3) is 4.14. The van der Waals surface area contributed by atoms with Crippen molar-refractivity contribution in [2.45, 2.75) is 18.6 Å². The number of rotatable bonds is 4. The Balaban J connectivity index is 2.02. The number of amides is 1. The van der Waals surface area contributed by atoms with Crippen molar-refractivity contribution in [2.24, 2.45) is 0 Å². The molecule has 1 aromatic carbocycles. The highest BCUT2D eigenvalue weighted by Crippen LogP contribution is 2.19.